The Morgan fingerprint density at radius 3 is 2.13 bits per heavy atom. The van der Waals surface area contributed by atoms with Crippen molar-refractivity contribution in [3.63, 3.8) is 0 Å². The molecular weight excluding hydrogens is 404 g/mol. The molecule has 1 aliphatic heterocycles. The average Bonchev–Trinajstić information content (AvgIpc) is 3.22. The summed E-state index contributed by atoms with van der Waals surface area (Å²) in [6, 6.07) is 25.9. The molecule has 3 aromatic rings. The summed E-state index contributed by atoms with van der Waals surface area (Å²) in [6.07, 6.45) is 3.69. The van der Waals surface area contributed by atoms with E-state index in [0.29, 0.717) is 6.04 Å². The van der Waals surface area contributed by atoms with Gasteiger partial charge in [0.05, 0.1) is 4.90 Å². The fourth-order valence-corrected chi connectivity index (χ4v) is 5.16. The Morgan fingerprint density at radius 2 is 1.52 bits per heavy atom. The van der Waals surface area contributed by atoms with Crippen molar-refractivity contribution in [1.82, 2.24) is 9.62 Å². The van der Waals surface area contributed by atoms with E-state index in [1.165, 1.54) is 24.9 Å². The minimum atomic E-state index is -3.54. The molecular formula is C26H30N2O2S. The Labute approximate surface area is 186 Å². The first-order valence-corrected chi connectivity index (χ1v) is 12.5. The van der Waals surface area contributed by atoms with Crippen LogP contribution in [0.25, 0.3) is 11.1 Å². The smallest absolute Gasteiger partial charge is 0.240 e. The Balaban J connectivity index is 1.37. The second-order valence-electron chi connectivity index (χ2n) is 8.31. The molecule has 1 N–H and O–H groups in total. The normalized spacial score (nSPS) is 17.1. The molecule has 1 aliphatic rings. The number of nitrogens with zero attached hydrogens (tertiary/aromatic N) is 1. The van der Waals surface area contributed by atoms with E-state index in [4.69, 9.17) is 0 Å². The third kappa shape index (κ3) is 5.62. The van der Waals surface area contributed by atoms with Gasteiger partial charge in [-0.3, -0.25) is 0 Å². The van der Waals surface area contributed by atoms with Crippen LogP contribution in [0.5, 0.6) is 0 Å². The maximum atomic E-state index is 12.6. The van der Waals surface area contributed by atoms with Gasteiger partial charge in [-0.1, -0.05) is 66.7 Å². The number of hydrogen-bond acceptors (Lipinski definition) is 3. The van der Waals surface area contributed by atoms with Gasteiger partial charge < -0.3 is 4.90 Å². The van der Waals surface area contributed by atoms with Crippen molar-refractivity contribution in [2.24, 2.45) is 0 Å². The Hall–Kier alpha value is -2.47. The van der Waals surface area contributed by atoms with E-state index >= 15 is 0 Å². The van der Waals surface area contributed by atoms with Crippen molar-refractivity contribution in [2.75, 3.05) is 13.1 Å². The van der Waals surface area contributed by atoms with Gasteiger partial charge in [0.15, 0.2) is 0 Å². The number of nitrogens with one attached hydrogen (secondary N) is 1. The van der Waals surface area contributed by atoms with Crippen molar-refractivity contribution in [2.45, 2.75) is 43.7 Å². The zero-order valence-corrected chi connectivity index (χ0v) is 18.8. The highest BCUT2D eigenvalue weighted by atomic mass is 32.2. The minimum Gasteiger partial charge on any atom is -0.300 e. The van der Waals surface area contributed by atoms with Crippen LogP contribution in [-0.4, -0.2) is 32.4 Å². The molecule has 1 saturated heterocycles. The maximum absolute atomic E-state index is 12.6. The maximum Gasteiger partial charge on any atom is 0.240 e. The van der Waals surface area contributed by atoms with Crippen LogP contribution in [0.3, 0.4) is 0 Å². The molecule has 0 aliphatic carbocycles. The fourth-order valence-electron chi connectivity index (χ4n) is 4.15. The first-order chi connectivity index (χ1) is 15.0. The van der Waals surface area contributed by atoms with Crippen molar-refractivity contribution in [1.29, 1.82) is 0 Å². The molecule has 4 rings (SSSR count). The summed E-state index contributed by atoms with van der Waals surface area (Å²) in [5, 5.41) is 0. The summed E-state index contributed by atoms with van der Waals surface area (Å²) in [5.74, 6) is 0. The molecule has 0 bridgehead atoms. The monoisotopic (exact) mass is 434 g/mol. The molecule has 0 spiro atoms. The van der Waals surface area contributed by atoms with Crippen molar-refractivity contribution < 1.29 is 8.42 Å². The van der Waals surface area contributed by atoms with Gasteiger partial charge in [0, 0.05) is 19.1 Å². The van der Waals surface area contributed by atoms with Gasteiger partial charge in [-0.2, -0.15) is 0 Å². The second kappa shape index (κ2) is 9.77. The fraction of sp³-hybridized carbons (Fsp3) is 0.308. The summed E-state index contributed by atoms with van der Waals surface area (Å²) in [4.78, 5) is 2.85. The molecule has 0 unspecified atom stereocenters. The molecule has 1 atom stereocenters. The van der Waals surface area contributed by atoms with E-state index in [9.17, 15) is 8.42 Å². The van der Waals surface area contributed by atoms with Crippen LogP contribution in [0.2, 0.25) is 0 Å². The Bertz CT molecular complexity index is 1080. The van der Waals surface area contributed by atoms with Crippen LogP contribution in [0.1, 0.15) is 30.9 Å². The highest BCUT2D eigenvalue weighted by Crippen LogP contribution is 2.23. The summed E-state index contributed by atoms with van der Waals surface area (Å²) < 4.78 is 27.8. The zero-order chi connectivity index (χ0) is 21.7. The zero-order valence-electron chi connectivity index (χ0n) is 18.0. The molecule has 3 aromatic carbocycles. The quantitative estimate of drug-likeness (QED) is 0.551. The van der Waals surface area contributed by atoms with Crippen LogP contribution < -0.4 is 4.72 Å². The third-order valence-electron chi connectivity index (χ3n) is 6.14. The summed E-state index contributed by atoms with van der Waals surface area (Å²) in [7, 11) is -3.54. The van der Waals surface area contributed by atoms with Crippen LogP contribution in [-0.2, 0) is 23.0 Å². The van der Waals surface area contributed by atoms with Crippen LogP contribution in [0.15, 0.2) is 83.8 Å². The summed E-state index contributed by atoms with van der Waals surface area (Å²) >= 11 is 0. The third-order valence-corrected chi connectivity index (χ3v) is 7.56. The number of benzene rings is 3. The lowest BCUT2D eigenvalue weighted by molar-refractivity contribution is 0.272. The first kappa shape index (κ1) is 21.8. The molecule has 4 nitrogen and oxygen atoms in total. The minimum absolute atomic E-state index is 0.280. The largest absolute Gasteiger partial charge is 0.300 e. The van der Waals surface area contributed by atoms with Gasteiger partial charge in [-0.15, -0.1) is 0 Å². The van der Waals surface area contributed by atoms with E-state index < -0.39 is 10.0 Å². The van der Waals surface area contributed by atoms with Crippen molar-refractivity contribution in [3.05, 3.63) is 90.0 Å². The molecule has 0 saturated carbocycles. The topological polar surface area (TPSA) is 49.4 Å². The van der Waals surface area contributed by atoms with Gasteiger partial charge in [0.1, 0.15) is 0 Å². The number of rotatable bonds is 8. The highest BCUT2D eigenvalue weighted by molar-refractivity contribution is 7.89. The number of sulfonamides is 1. The summed E-state index contributed by atoms with van der Waals surface area (Å²) in [6.45, 7) is 4.93. The van der Waals surface area contributed by atoms with E-state index in [2.05, 4.69) is 40.8 Å². The van der Waals surface area contributed by atoms with Crippen LogP contribution in [0, 0.1) is 0 Å². The second-order valence-corrected chi connectivity index (χ2v) is 10.1. The summed E-state index contributed by atoms with van der Waals surface area (Å²) in [5.41, 5.74) is 4.38. The molecule has 0 radical (unpaired) electrons. The lowest BCUT2D eigenvalue weighted by atomic mass is 10.0. The van der Waals surface area contributed by atoms with Crippen molar-refractivity contribution in [3.8, 4) is 11.1 Å². The van der Waals surface area contributed by atoms with E-state index in [1.54, 1.807) is 12.1 Å². The van der Waals surface area contributed by atoms with E-state index in [1.807, 2.05) is 42.5 Å². The first-order valence-electron chi connectivity index (χ1n) is 11.0. The molecule has 1 heterocycles. The van der Waals surface area contributed by atoms with Gasteiger partial charge in [-0.25, -0.2) is 13.1 Å². The van der Waals surface area contributed by atoms with E-state index in [0.717, 1.165) is 29.7 Å². The Kier molecular flexibility index (Phi) is 6.86. The molecule has 162 valence electrons. The lowest BCUT2D eigenvalue weighted by Crippen LogP contribution is -2.28. The standard InChI is InChI=1S/C26H30N2O2S/c1-21-6-5-18-28(21)19-17-22-9-11-24(12-10-22)25-13-15-26(16-14-25)31(29,30)27-20-23-7-3-2-4-8-23/h2-4,7-16,21,27H,5-6,17-20H2,1H3/t21-/m1/s1. The predicted molar refractivity (Wildman–Crippen MR) is 126 cm³/mol. The van der Waals surface area contributed by atoms with Crippen LogP contribution in [0.4, 0.5) is 0 Å². The average molecular weight is 435 g/mol. The molecule has 0 amide bonds. The van der Waals surface area contributed by atoms with Gasteiger partial charge in [0.2, 0.25) is 10.0 Å². The SMILES string of the molecule is C[C@@H]1CCCN1CCc1ccc(-c2ccc(S(=O)(=O)NCc3ccccc3)cc2)cc1. The Morgan fingerprint density at radius 1 is 0.871 bits per heavy atom. The molecule has 0 aromatic heterocycles. The molecule has 31 heavy (non-hydrogen) atoms. The molecule has 5 heteroatoms. The van der Waals surface area contributed by atoms with Crippen molar-refractivity contribution >= 4 is 10.0 Å². The van der Waals surface area contributed by atoms with E-state index in [-0.39, 0.29) is 11.4 Å². The van der Waals surface area contributed by atoms with Crippen LogP contribution >= 0.6 is 0 Å². The van der Waals surface area contributed by atoms with Gasteiger partial charge in [-0.05, 0) is 67.1 Å². The van der Waals surface area contributed by atoms with Gasteiger partial charge >= 0.3 is 0 Å². The number of hydrogen-bond donors (Lipinski definition) is 1. The number of likely N-dealkylation sites (tertiary alicyclic amines) is 1. The lowest BCUT2D eigenvalue weighted by Gasteiger charge is -2.20. The highest BCUT2D eigenvalue weighted by Gasteiger charge is 2.19. The predicted octanol–water partition coefficient (Wildman–Crippen LogP) is 4.86. The van der Waals surface area contributed by atoms with Gasteiger partial charge in [0.25, 0.3) is 0 Å². The molecule has 1 fully saturated rings.